The highest BCUT2D eigenvalue weighted by atomic mass is 19.1. The number of aliphatic hydroxyl groups is 1. The van der Waals surface area contributed by atoms with Gasteiger partial charge in [0.05, 0.1) is 6.10 Å². The van der Waals surface area contributed by atoms with Crippen molar-refractivity contribution in [3.8, 4) is 0 Å². The molecule has 1 atom stereocenters. The molecule has 0 saturated heterocycles. The maximum absolute atomic E-state index is 12.5. The van der Waals surface area contributed by atoms with Gasteiger partial charge in [-0.3, -0.25) is 0 Å². The molecule has 1 nitrogen and oxygen atoms in total. The number of rotatable bonds is 4. The van der Waals surface area contributed by atoms with E-state index in [1.807, 2.05) is 12.2 Å². The minimum Gasteiger partial charge on any atom is -0.393 e. The van der Waals surface area contributed by atoms with E-state index in [-0.39, 0.29) is 11.9 Å². The van der Waals surface area contributed by atoms with Crippen LogP contribution in [0.15, 0.2) is 30.3 Å². The second-order valence-electron chi connectivity index (χ2n) is 3.38. The molecule has 76 valence electrons. The van der Waals surface area contributed by atoms with Crippen LogP contribution in [0, 0.1) is 5.82 Å². The summed E-state index contributed by atoms with van der Waals surface area (Å²) in [6.45, 7) is 1.77. The fourth-order valence-electron chi connectivity index (χ4n) is 1.13. The average Bonchev–Trinajstić information content (AvgIpc) is 2.15. The fourth-order valence-corrected chi connectivity index (χ4v) is 1.13. The Labute approximate surface area is 83.9 Å². The van der Waals surface area contributed by atoms with E-state index in [9.17, 15) is 4.39 Å². The van der Waals surface area contributed by atoms with Gasteiger partial charge in [0, 0.05) is 0 Å². The largest absolute Gasteiger partial charge is 0.393 e. The Bertz CT molecular complexity index is 288. The maximum Gasteiger partial charge on any atom is 0.123 e. The molecule has 1 N–H and O–H groups in total. The lowest BCUT2D eigenvalue weighted by Gasteiger charge is -1.98. The van der Waals surface area contributed by atoms with Crippen LogP contribution in [0.2, 0.25) is 0 Å². The summed E-state index contributed by atoms with van der Waals surface area (Å²) in [4.78, 5) is 0. The number of aliphatic hydroxyl groups excluding tert-OH is 1. The average molecular weight is 194 g/mol. The van der Waals surface area contributed by atoms with E-state index in [0.29, 0.717) is 0 Å². The molecule has 0 spiro atoms. The van der Waals surface area contributed by atoms with Gasteiger partial charge in [-0.25, -0.2) is 4.39 Å². The van der Waals surface area contributed by atoms with Crippen molar-refractivity contribution < 1.29 is 9.50 Å². The number of allylic oxidation sites excluding steroid dienone is 1. The van der Waals surface area contributed by atoms with Crippen LogP contribution in [-0.2, 0) is 0 Å². The third kappa shape index (κ3) is 4.19. The zero-order chi connectivity index (χ0) is 10.4. The molecule has 2 heteroatoms. The van der Waals surface area contributed by atoms with Crippen LogP contribution in [0.4, 0.5) is 4.39 Å². The van der Waals surface area contributed by atoms with E-state index in [1.165, 1.54) is 12.1 Å². The first-order valence-electron chi connectivity index (χ1n) is 4.78. The molecule has 1 aromatic rings. The summed E-state index contributed by atoms with van der Waals surface area (Å²) in [6, 6.07) is 6.34. The Balaban J connectivity index is 2.40. The lowest BCUT2D eigenvalue weighted by Crippen LogP contribution is -1.96. The van der Waals surface area contributed by atoms with Crippen molar-refractivity contribution in [2.24, 2.45) is 0 Å². The standard InChI is InChI=1S/C12H15FO/c1-10(14)4-2-3-5-11-6-8-12(13)9-7-11/h3,5-10,14H,2,4H2,1H3/b5-3+. The van der Waals surface area contributed by atoms with E-state index >= 15 is 0 Å². The van der Waals surface area contributed by atoms with Crippen LogP contribution in [0.25, 0.3) is 6.08 Å². The molecule has 0 aliphatic carbocycles. The highest BCUT2D eigenvalue weighted by molar-refractivity contribution is 5.48. The Hall–Kier alpha value is -1.15. The maximum atomic E-state index is 12.5. The molecular formula is C12H15FO. The molecule has 0 aliphatic heterocycles. The topological polar surface area (TPSA) is 20.2 Å². The summed E-state index contributed by atoms with van der Waals surface area (Å²) < 4.78 is 12.5. The molecule has 0 heterocycles. The molecule has 0 aliphatic rings. The highest BCUT2D eigenvalue weighted by Crippen LogP contribution is 2.06. The minimum absolute atomic E-state index is 0.217. The number of hydrogen-bond donors (Lipinski definition) is 1. The normalized spacial score (nSPS) is 13.4. The predicted octanol–water partition coefficient (Wildman–Crippen LogP) is 3.00. The summed E-state index contributed by atoms with van der Waals surface area (Å²) in [7, 11) is 0. The van der Waals surface area contributed by atoms with Crippen molar-refractivity contribution in [2.45, 2.75) is 25.9 Å². The molecule has 0 fully saturated rings. The smallest absolute Gasteiger partial charge is 0.123 e. The lowest BCUT2D eigenvalue weighted by molar-refractivity contribution is 0.186. The van der Waals surface area contributed by atoms with Crippen LogP contribution in [0.1, 0.15) is 25.3 Å². The molecule has 0 saturated carbocycles. The molecule has 1 unspecified atom stereocenters. The van der Waals surface area contributed by atoms with E-state index < -0.39 is 0 Å². The molecular weight excluding hydrogens is 179 g/mol. The van der Waals surface area contributed by atoms with Gasteiger partial charge < -0.3 is 5.11 Å². The molecule has 0 aromatic heterocycles. The van der Waals surface area contributed by atoms with Crippen molar-refractivity contribution in [3.63, 3.8) is 0 Å². The second-order valence-corrected chi connectivity index (χ2v) is 3.38. The zero-order valence-corrected chi connectivity index (χ0v) is 8.28. The molecule has 1 aromatic carbocycles. The molecule has 14 heavy (non-hydrogen) atoms. The Kier molecular flexibility index (Phi) is 4.33. The summed E-state index contributed by atoms with van der Waals surface area (Å²) in [5, 5.41) is 9.00. The molecule has 1 rings (SSSR count). The predicted molar refractivity (Wildman–Crippen MR) is 56.3 cm³/mol. The summed E-state index contributed by atoms with van der Waals surface area (Å²) in [6.07, 6.45) is 5.27. The van der Waals surface area contributed by atoms with Crippen LogP contribution in [0.3, 0.4) is 0 Å². The van der Waals surface area contributed by atoms with E-state index in [2.05, 4.69) is 0 Å². The second kappa shape index (κ2) is 5.55. The van der Waals surface area contributed by atoms with E-state index in [4.69, 9.17) is 5.11 Å². The number of benzene rings is 1. The molecule has 0 amide bonds. The van der Waals surface area contributed by atoms with Crippen molar-refractivity contribution >= 4 is 6.08 Å². The Morgan fingerprint density at radius 2 is 2.00 bits per heavy atom. The summed E-state index contributed by atoms with van der Waals surface area (Å²) in [5.74, 6) is -0.217. The first-order valence-corrected chi connectivity index (χ1v) is 4.78. The van der Waals surface area contributed by atoms with Crippen molar-refractivity contribution in [1.82, 2.24) is 0 Å². The van der Waals surface area contributed by atoms with Crippen molar-refractivity contribution in [2.75, 3.05) is 0 Å². The third-order valence-electron chi connectivity index (χ3n) is 1.93. The van der Waals surface area contributed by atoms with E-state index in [0.717, 1.165) is 18.4 Å². The van der Waals surface area contributed by atoms with Gasteiger partial charge in [0.15, 0.2) is 0 Å². The Morgan fingerprint density at radius 1 is 1.36 bits per heavy atom. The Morgan fingerprint density at radius 3 is 2.57 bits per heavy atom. The number of hydrogen-bond acceptors (Lipinski definition) is 1. The lowest BCUT2D eigenvalue weighted by atomic mass is 10.1. The van der Waals surface area contributed by atoms with Gasteiger partial charge in [0.1, 0.15) is 5.82 Å². The quantitative estimate of drug-likeness (QED) is 0.781. The monoisotopic (exact) mass is 194 g/mol. The van der Waals surface area contributed by atoms with Crippen LogP contribution >= 0.6 is 0 Å². The third-order valence-corrected chi connectivity index (χ3v) is 1.93. The highest BCUT2D eigenvalue weighted by Gasteiger charge is 1.92. The van der Waals surface area contributed by atoms with Gasteiger partial charge in [0.2, 0.25) is 0 Å². The summed E-state index contributed by atoms with van der Waals surface area (Å²) >= 11 is 0. The van der Waals surface area contributed by atoms with Gasteiger partial charge in [0.25, 0.3) is 0 Å². The van der Waals surface area contributed by atoms with Crippen LogP contribution in [0.5, 0.6) is 0 Å². The van der Waals surface area contributed by atoms with Gasteiger partial charge in [-0.05, 0) is 37.5 Å². The first-order chi connectivity index (χ1) is 6.68. The van der Waals surface area contributed by atoms with Crippen LogP contribution < -0.4 is 0 Å². The van der Waals surface area contributed by atoms with Crippen molar-refractivity contribution in [1.29, 1.82) is 0 Å². The van der Waals surface area contributed by atoms with Gasteiger partial charge in [-0.1, -0.05) is 24.3 Å². The fraction of sp³-hybridized carbons (Fsp3) is 0.333. The summed E-state index contributed by atoms with van der Waals surface area (Å²) in [5.41, 5.74) is 0.983. The van der Waals surface area contributed by atoms with Crippen molar-refractivity contribution in [3.05, 3.63) is 41.7 Å². The molecule has 0 bridgehead atoms. The van der Waals surface area contributed by atoms with Crippen LogP contribution in [-0.4, -0.2) is 11.2 Å². The minimum atomic E-state index is -0.257. The van der Waals surface area contributed by atoms with E-state index in [1.54, 1.807) is 19.1 Å². The SMILES string of the molecule is CC(O)CC/C=C/c1ccc(F)cc1. The first kappa shape index (κ1) is 10.9. The zero-order valence-electron chi connectivity index (χ0n) is 8.28. The molecule has 0 radical (unpaired) electrons. The van der Waals surface area contributed by atoms with Gasteiger partial charge in [-0.15, -0.1) is 0 Å². The van der Waals surface area contributed by atoms with Gasteiger partial charge >= 0.3 is 0 Å². The van der Waals surface area contributed by atoms with Gasteiger partial charge in [-0.2, -0.15) is 0 Å². The number of halogens is 1.